The van der Waals surface area contributed by atoms with Crippen LogP contribution in [0.4, 0.5) is 0 Å². The first kappa shape index (κ1) is 12.7. The Morgan fingerprint density at radius 3 is 2.82 bits per heavy atom. The maximum atomic E-state index is 12.0. The first-order valence-electron chi connectivity index (χ1n) is 4.78. The topological polar surface area (TPSA) is 85.1 Å². The SMILES string of the molecule is NCc1sccc1S(=O)(=O)NCc1nccs1. The van der Waals surface area contributed by atoms with Gasteiger partial charge in [-0.1, -0.05) is 0 Å². The van der Waals surface area contributed by atoms with Crippen molar-refractivity contribution in [3.05, 3.63) is 32.9 Å². The molecule has 8 heteroatoms. The van der Waals surface area contributed by atoms with E-state index in [1.54, 1.807) is 23.0 Å². The maximum absolute atomic E-state index is 12.0. The second-order valence-electron chi connectivity index (χ2n) is 3.16. The van der Waals surface area contributed by atoms with Gasteiger partial charge in [0.15, 0.2) is 0 Å². The van der Waals surface area contributed by atoms with Crippen LogP contribution in [0.1, 0.15) is 9.88 Å². The third-order valence-electron chi connectivity index (χ3n) is 2.08. The molecule has 0 fully saturated rings. The number of nitrogens with two attached hydrogens (primary N) is 1. The van der Waals surface area contributed by atoms with Crippen molar-refractivity contribution >= 4 is 32.7 Å². The first-order valence-corrected chi connectivity index (χ1v) is 8.02. The van der Waals surface area contributed by atoms with Crippen molar-refractivity contribution in [2.24, 2.45) is 5.73 Å². The smallest absolute Gasteiger partial charge is 0.242 e. The Morgan fingerprint density at radius 2 is 2.18 bits per heavy atom. The standard InChI is InChI=1S/C9H11N3O2S3/c10-5-7-8(1-3-15-7)17(13,14)12-6-9-11-2-4-16-9/h1-4,12H,5-6,10H2. The van der Waals surface area contributed by atoms with E-state index in [9.17, 15) is 8.42 Å². The van der Waals surface area contributed by atoms with Crippen LogP contribution >= 0.6 is 22.7 Å². The van der Waals surface area contributed by atoms with Crippen LogP contribution in [-0.4, -0.2) is 13.4 Å². The molecule has 0 aliphatic carbocycles. The van der Waals surface area contributed by atoms with E-state index >= 15 is 0 Å². The summed E-state index contributed by atoms with van der Waals surface area (Å²) in [6.07, 6.45) is 1.64. The molecular formula is C9H11N3O2S3. The summed E-state index contributed by atoms with van der Waals surface area (Å²) in [5.74, 6) is 0. The molecule has 0 saturated carbocycles. The van der Waals surface area contributed by atoms with Crippen LogP contribution in [-0.2, 0) is 23.1 Å². The molecule has 2 aromatic heterocycles. The van der Waals surface area contributed by atoms with Gasteiger partial charge in [0.2, 0.25) is 10.0 Å². The molecule has 2 heterocycles. The minimum atomic E-state index is -3.49. The molecule has 0 spiro atoms. The largest absolute Gasteiger partial charge is 0.326 e. The van der Waals surface area contributed by atoms with Crippen molar-refractivity contribution in [2.75, 3.05) is 0 Å². The molecule has 0 atom stereocenters. The number of rotatable bonds is 5. The normalized spacial score (nSPS) is 11.8. The van der Waals surface area contributed by atoms with Crippen LogP contribution < -0.4 is 10.5 Å². The third-order valence-corrected chi connectivity index (χ3v) is 5.41. The van der Waals surface area contributed by atoms with Crippen molar-refractivity contribution in [1.29, 1.82) is 0 Å². The van der Waals surface area contributed by atoms with Gasteiger partial charge in [-0.2, -0.15) is 0 Å². The molecule has 92 valence electrons. The zero-order chi connectivity index (χ0) is 12.3. The number of sulfonamides is 1. The summed E-state index contributed by atoms with van der Waals surface area (Å²) in [4.78, 5) is 4.94. The molecule has 0 aliphatic rings. The van der Waals surface area contributed by atoms with E-state index in [4.69, 9.17) is 5.73 Å². The van der Waals surface area contributed by atoms with Crippen LogP contribution in [0.3, 0.4) is 0 Å². The Balaban J connectivity index is 2.14. The number of hydrogen-bond donors (Lipinski definition) is 2. The maximum Gasteiger partial charge on any atom is 0.242 e. The summed E-state index contributed by atoms with van der Waals surface area (Å²) in [7, 11) is -3.49. The Kier molecular flexibility index (Phi) is 3.89. The second kappa shape index (κ2) is 5.23. The van der Waals surface area contributed by atoms with Crippen LogP contribution in [0.2, 0.25) is 0 Å². The van der Waals surface area contributed by atoms with Gasteiger partial charge in [-0.3, -0.25) is 0 Å². The van der Waals surface area contributed by atoms with Crippen molar-refractivity contribution < 1.29 is 8.42 Å². The van der Waals surface area contributed by atoms with Crippen molar-refractivity contribution in [2.45, 2.75) is 18.0 Å². The minimum Gasteiger partial charge on any atom is -0.326 e. The Bertz CT molecular complexity index is 574. The van der Waals surface area contributed by atoms with E-state index in [1.165, 1.54) is 22.7 Å². The molecule has 0 radical (unpaired) electrons. The molecule has 2 rings (SSSR count). The first-order chi connectivity index (χ1) is 8.13. The average Bonchev–Trinajstić information content (AvgIpc) is 2.97. The molecule has 0 aromatic carbocycles. The molecule has 0 aliphatic heterocycles. The van der Waals surface area contributed by atoms with E-state index in [1.807, 2.05) is 0 Å². The summed E-state index contributed by atoms with van der Waals surface area (Å²) in [6.45, 7) is 0.436. The summed E-state index contributed by atoms with van der Waals surface area (Å²) >= 11 is 2.75. The molecule has 2 aromatic rings. The minimum absolute atomic E-state index is 0.208. The Hall–Kier alpha value is -0.800. The number of aromatic nitrogens is 1. The number of hydrogen-bond acceptors (Lipinski definition) is 6. The van der Waals surface area contributed by atoms with Gasteiger partial charge in [-0.25, -0.2) is 18.1 Å². The van der Waals surface area contributed by atoms with Gasteiger partial charge >= 0.3 is 0 Å². The molecule has 0 amide bonds. The second-order valence-corrected chi connectivity index (χ2v) is 6.88. The van der Waals surface area contributed by atoms with Gasteiger partial charge in [0, 0.05) is 23.0 Å². The fraction of sp³-hybridized carbons (Fsp3) is 0.222. The van der Waals surface area contributed by atoms with Gasteiger partial charge in [-0.15, -0.1) is 22.7 Å². The van der Waals surface area contributed by atoms with E-state index in [0.717, 1.165) is 5.01 Å². The fourth-order valence-electron chi connectivity index (χ4n) is 1.29. The fourth-order valence-corrected chi connectivity index (χ4v) is 4.26. The summed E-state index contributed by atoms with van der Waals surface area (Å²) in [6, 6.07) is 1.57. The monoisotopic (exact) mass is 289 g/mol. The van der Waals surface area contributed by atoms with Crippen molar-refractivity contribution in [3.63, 3.8) is 0 Å². The van der Waals surface area contributed by atoms with Crippen LogP contribution in [0, 0.1) is 0 Å². The molecule has 17 heavy (non-hydrogen) atoms. The van der Waals surface area contributed by atoms with Crippen molar-refractivity contribution in [1.82, 2.24) is 9.71 Å². The highest BCUT2D eigenvalue weighted by molar-refractivity contribution is 7.89. The summed E-state index contributed by atoms with van der Waals surface area (Å²) in [5.41, 5.74) is 5.49. The average molecular weight is 289 g/mol. The molecule has 0 unspecified atom stereocenters. The number of thiophene rings is 1. The van der Waals surface area contributed by atoms with E-state index in [2.05, 4.69) is 9.71 Å². The predicted molar refractivity (Wildman–Crippen MR) is 68.3 cm³/mol. The van der Waals surface area contributed by atoms with Crippen LogP contribution in [0.25, 0.3) is 0 Å². The third kappa shape index (κ3) is 2.90. The lowest BCUT2D eigenvalue weighted by atomic mass is 10.5. The highest BCUT2D eigenvalue weighted by Gasteiger charge is 2.18. The number of nitrogens with one attached hydrogen (secondary N) is 1. The van der Waals surface area contributed by atoms with Gasteiger partial charge < -0.3 is 5.73 Å². The van der Waals surface area contributed by atoms with E-state index in [-0.39, 0.29) is 18.0 Å². The number of thiazole rings is 1. The van der Waals surface area contributed by atoms with Crippen LogP contribution in [0.5, 0.6) is 0 Å². The number of nitrogens with zero attached hydrogens (tertiary/aromatic N) is 1. The lowest BCUT2D eigenvalue weighted by Gasteiger charge is -2.05. The summed E-state index contributed by atoms with van der Waals surface area (Å²) < 4.78 is 26.5. The highest BCUT2D eigenvalue weighted by Crippen LogP contribution is 2.21. The lowest BCUT2D eigenvalue weighted by molar-refractivity contribution is 0.580. The van der Waals surface area contributed by atoms with E-state index in [0.29, 0.717) is 4.88 Å². The highest BCUT2D eigenvalue weighted by atomic mass is 32.2. The Morgan fingerprint density at radius 1 is 1.35 bits per heavy atom. The van der Waals surface area contributed by atoms with Crippen LogP contribution in [0.15, 0.2) is 27.9 Å². The molecule has 0 saturated heterocycles. The van der Waals surface area contributed by atoms with E-state index < -0.39 is 10.0 Å². The van der Waals surface area contributed by atoms with Gasteiger partial charge in [0.25, 0.3) is 0 Å². The Labute approximate surface area is 107 Å². The zero-order valence-electron chi connectivity index (χ0n) is 8.79. The van der Waals surface area contributed by atoms with Gasteiger partial charge in [-0.05, 0) is 11.4 Å². The summed E-state index contributed by atoms with van der Waals surface area (Å²) in [5, 5.41) is 4.26. The quantitative estimate of drug-likeness (QED) is 0.864. The van der Waals surface area contributed by atoms with Crippen molar-refractivity contribution in [3.8, 4) is 0 Å². The predicted octanol–water partition coefficient (Wildman–Crippen LogP) is 1.14. The lowest BCUT2D eigenvalue weighted by Crippen LogP contribution is -2.24. The zero-order valence-corrected chi connectivity index (χ0v) is 11.2. The molecular weight excluding hydrogens is 278 g/mol. The molecule has 3 N–H and O–H groups in total. The van der Waals surface area contributed by atoms with Gasteiger partial charge in [0.1, 0.15) is 5.01 Å². The molecule has 0 bridgehead atoms. The molecule has 5 nitrogen and oxygen atoms in total. The van der Waals surface area contributed by atoms with Gasteiger partial charge in [0.05, 0.1) is 11.4 Å².